The smallest absolute Gasteiger partial charge is 0.344 e. The van der Waals surface area contributed by atoms with Crippen molar-refractivity contribution in [3.8, 4) is 0 Å². The fourth-order valence-electron chi connectivity index (χ4n) is 2.53. The van der Waals surface area contributed by atoms with Crippen molar-refractivity contribution in [3.63, 3.8) is 0 Å². The highest BCUT2D eigenvalue weighted by molar-refractivity contribution is 5.88. The van der Waals surface area contributed by atoms with E-state index in [-0.39, 0.29) is 43.2 Å². The Kier molecular flexibility index (Phi) is 11.8. The van der Waals surface area contributed by atoms with Crippen LogP contribution in [0.5, 0.6) is 0 Å². The third kappa shape index (κ3) is 9.28. The van der Waals surface area contributed by atoms with Crippen molar-refractivity contribution in [2.45, 2.75) is 40.4 Å². The zero-order valence-electron chi connectivity index (χ0n) is 21.2. The zero-order valence-corrected chi connectivity index (χ0v) is 21.2. The van der Waals surface area contributed by atoms with Crippen molar-refractivity contribution in [2.24, 2.45) is 0 Å². The number of carbonyl (C=O) groups is 3. The average molecular weight is 522 g/mol. The number of aromatic nitrogens is 3. The van der Waals surface area contributed by atoms with Crippen LogP contribution in [0.15, 0.2) is 63.2 Å². The van der Waals surface area contributed by atoms with E-state index in [9.17, 15) is 28.8 Å². The summed E-state index contributed by atoms with van der Waals surface area (Å²) in [4.78, 5) is 73.5. The first-order valence-corrected chi connectivity index (χ1v) is 11.0. The molecule has 0 saturated heterocycles. The van der Waals surface area contributed by atoms with Crippen molar-refractivity contribution in [2.75, 3.05) is 26.4 Å². The van der Waals surface area contributed by atoms with Gasteiger partial charge in [-0.25, -0.2) is 42.5 Å². The number of ether oxygens (including phenoxy) is 4. The Bertz CT molecular complexity index is 1210. The van der Waals surface area contributed by atoms with E-state index in [2.05, 4.69) is 31.1 Å². The van der Waals surface area contributed by atoms with Crippen molar-refractivity contribution in [1.29, 1.82) is 0 Å². The number of esters is 3. The molecule has 13 nitrogen and oxygen atoms in total. The summed E-state index contributed by atoms with van der Waals surface area (Å²) >= 11 is 0. The summed E-state index contributed by atoms with van der Waals surface area (Å²) in [6, 6.07) is 0. The minimum Gasteiger partial charge on any atom is -0.492 e. The zero-order chi connectivity index (χ0) is 28.3. The molecule has 0 spiro atoms. The average Bonchev–Trinajstić information content (AvgIpc) is 2.83. The Morgan fingerprint density at radius 2 is 0.973 bits per heavy atom. The lowest BCUT2D eigenvalue weighted by Gasteiger charge is -2.15. The van der Waals surface area contributed by atoms with Crippen LogP contribution in [0.4, 0.5) is 0 Å². The van der Waals surface area contributed by atoms with Gasteiger partial charge in [-0.15, -0.1) is 0 Å². The Labute approximate surface area is 212 Å². The number of hydrogen-bond acceptors (Lipinski definition) is 10. The van der Waals surface area contributed by atoms with Gasteiger partial charge in [0.05, 0.1) is 19.6 Å². The molecule has 0 N–H and O–H groups in total. The molecule has 0 fully saturated rings. The molecule has 0 amide bonds. The molecule has 37 heavy (non-hydrogen) atoms. The SMILES string of the molecule is C=C(C)C(=C)OCCn1c(=O)n(CCOC(=O)COC(=O)C(=C)C)c(=O)n(CCOC(=O)C(=C)C)c1=O. The second-order valence-electron chi connectivity index (χ2n) is 7.85. The molecule has 13 heteroatoms. The molecule has 0 aliphatic heterocycles. The number of hydrogen-bond donors (Lipinski definition) is 0. The first-order valence-electron chi connectivity index (χ1n) is 11.0. The fourth-order valence-corrected chi connectivity index (χ4v) is 2.53. The lowest BCUT2D eigenvalue weighted by atomic mass is 10.3. The monoisotopic (exact) mass is 521 g/mol. The van der Waals surface area contributed by atoms with Crippen molar-refractivity contribution >= 4 is 17.9 Å². The quantitative estimate of drug-likeness (QED) is 0.102. The third-order valence-corrected chi connectivity index (χ3v) is 4.60. The highest BCUT2D eigenvalue weighted by Gasteiger charge is 2.17. The standard InChI is InChI=1S/C24H31N3O10/c1-15(2)18(7)34-11-8-25-22(31)26(9-12-35-19(28)14-37-21(30)17(5)6)24(33)27(23(25)32)10-13-36-20(29)16(3)4/h1,3,5,7-14H2,2,4,6H3. The lowest BCUT2D eigenvalue weighted by Crippen LogP contribution is -2.55. The van der Waals surface area contributed by atoms with Crippen molar-refractivity contribution < 1.29 is 33.3 Å². The Morgan fingerprint density at radius 3 is 1.38 bits per heavy atom. The van der Waals surface area contributed by atoms with Gasteiger partial charge in [0, 0.05) is 11.1 Å². The Hall–Kier alpha value is -4.42. The van der Waals surface area contributed by atoms with E-state index in [4.69, 9.17) is 14.2 Å². The van der Waals surface area contributed by atoms with Gasteiger partial charge in [-0.1, -0.05) is 26.3 Å². The summed E-state index contributed by atoms with van der Waals surface area (Å²) in [5.41, 5.74) is -2.17. The number of carbonyl (C=O) groups excluding carboxylic acids is 3. The van der Waals surface area contributed by atoms with E-state index in [0.29, 0.717) is 14.7 Å². The maximum Gasteiger partial charge on any atom is 0.344 e. The second kappa shape index (κ2) is 14.2. The fraction of sp³-hybridized carbons (Fsp3) is 0.417. The Morgan fingerprint density at radius 1 is 0.595 bits per heavy atom. The van der Waals surface area contributed by atoms with Crippen molar-refractivity contribution in [1.82, 2.24) is 13.7 Å². The van der Waals surface area contributed by atoms with E-state index in [0.717, 1.165) is 4.57 Å². The minimum atomic E-state index is -1.00. The summed E-state index contributed by atoms with van der Waals surface area (Å²) in [5.74, 6) is -2.16. The van der Waals surface area contributed by atoms with Gasteiger partial charge in [-0.3, -0.25) is 0 Å². The van der Waals surface area contributed by atoms with Gasteiger partial charge in [0.2, 0.25) is 0 Å². The number of nitrogens with zero attached hydrogens (tertiary/aromatic N) is 3. The normalized spacial score (nSPS) is 10.2. The van der Waals surface area contributed by atoms with Crippen LogP contribution in [0.1, 0.15) is 20.8 Å². The predicted octanol–water partition coefficient (Wildman–Crippen LogP) is 0.0599. The molecule has 0 aliphatic rings. The molecule has 0 radical (unpaired) electrons. The lowest BCUT2D eigenvalue weighted by molar-refractivity contribution is -0.156. The van der Waals surface area contributed by atoms with Gasteiger partial charge < -0.3 is 18.9 Å². The van der Waals surface area contributed by atoms with Crippen LogP contribution in [0.2, 0.25) is 0 Å². The molecule has 0 unspecified atom stereocenters. The molecule has 0 aliphatic carbocycles. The molecule has 0 bridgehead atoms. The molecule has 202 valence electrons. The maximum atomic E-state index is 12.9. The maximum absolute atomic E-state index is 12.9. The first kappa shape index (κ1) is 30.6. The molecular formula is C24H31N3O10. The molecule has 0 saturated carbocycles. The van der Waals surface area contributed by atoms with Crippen LogP contribution in [0, 0.1) is 0 Å². The largest absolute Gasteiger partial charge is 0.492 e. The third-order valence-electron chi connectivity index (χ3n) is 4.60. The first-order chi connectivity index (χ1) is 17.3. The summed E-state index contributed by atoms with van der Waals surface area (Å²) in [7, 11) is 0. The van der Waals surface area contributed by atoms with E-state index in [1.807, 2.05) is 0 Å². The molecule has 0 atom stereocenters. The van der Waals surface area contributed by atoms with E-state index < -0.39 is 54.7 Å². The van der Waals surface area contributed by atoms with E-state index in [1.165, 1.54) is 13.8 Å². The van der Waals surface area contributed by atoms with Crippen LogP contribution >= 0.6 is 0 Å². The van der Waals surface area contributed by atoms with Gasteiger partial charge >= 0.3 is 35.0 Å². The Balaban J connectivity index is 3.13. The van der Waals surface area contributed by atoms with Gasteiger partial charge in [-0.05, 0) is 26.3 Å². The van der Waals surface area contributed by atoms with Gasteiger partial charge in [0.15, 0.2) is 6.61 Å². The summed E-state index contributed by atoms with van der Waals surface area (Å²) in [6.45, 7) is 16.0. The van der Waals surface area contributed by atoms with Crippen LogP contribution in [0.25, 0.3) is 0 Å². The topological polar surface area (TPSA) is 154 Å². The highest BCUT2D eigenvalue weighted by Crippen LogP contribution is 2.04. The van der Waals surface area contributed by atoms with Crippen LogP contribution in [0.3, 0.4) is 0 Å². The molecule has 0 aromatic carbocycles. The van der Waals surface area contributed by atoms with Gasteiger partial charge in [0.25, 0.3) is 0 Å². The molecule has 1 heterocycles. The molecular weight excluding hydrogens is 490 g/mol. The summed E-state index contributed by atoms with van der Waals surface area (Å²) < 4.78 is 22.0. The van der Waals surface area contributed by atoms with Crippen LogP contribution < -0.4 is 17.1 Å². The summed E-state index contributed by atoms with van der Waals surface area (Å²) in [5, 5.41) is 0. The van der Waals surface area contributed by atoms with Crippen LogP contribution in [-0.4, -0.2) is 58.0 Å². The highest BCUT2D eigenvalue weighted by atomic mass is 16.6. The number of rotatable bonds is 15. The predicted molar refractivity (Wildman–Crippen MR) is 132 cm³/mol. The van der Waals surface area contributed by atoms with E-state index in [1.54, 1.807) is 6.92 Å². The van der Waals surface area contributed by atoms with Crippen LogP contribution in [-0.2, 0) is 53.0 Å². The number of allylic oxidation sites excluding steroid dienone is 1. The molecule has 1 aromatic rings. The minimum absolute atomic E-state index is 0.0897. The molecule has 1 rings (SSSR count). The molecule has 1 aromatic heterocycles. The second-order valence-corrected chi connectivity index (χ2v) is 7.85. The van der Waals surface area contributed by atoms with Gasteiger partial charge in [0.1, 0.15) is 25.6 Å². The van der Waals surface area contributed by atoms with Crippen molar-refractivity contribution in [3.05, 3.63) is 80.2 Å². The summed E-state index contributed by atoms with van der Waals surface area (Å²) in [6.07, 6.45) is 0. The van der Waals surface area contributed by atoms with E-state index >= 15 is 0 Å². The van der Waals surface area contributed by atoms with Gasteiger partial charge in [-0.2, -0.15) is 0 Å².